The molecule has 0 saturated carbocycles. The fourth-order valence-electron chi connectivity index (χ4n) is 2.63. The molecule has 0 bridgehead atoms. The molecule has 0 fully saturated rings. The molecule has 1 amide bonds. The zero-order chi connectivity index (χ0) is 16.1. The van der Waals surface area contributed by atoms with Crippen molar-refractivity contribution in [3.05, 3.63) is 35.4 Å². The van der Waals surface area contributed by atoms with E-state index >= 15 is 0 Å². The number of hydrogen-bond donors (Lipinski definition) is 2. The highest BCUT2D eigenvalue weighted by Crippen LogP contribution is 2.27. The number of rotatable bonds is 3. The van der Waals surface area contributed by atoms with Gasteiger partial charge < -0.3 is 10.4 Å². The summed E-state index contributed by atoms with van der Waals surface area (Å²) in [6, 6.07) is 7.13. The molecule has 0 aliphatic heterocycles. The summed E-state index contributed by atoms with van der Waals surface area (Å²) in [6.07, 6.45) is 0.885. The predicted octanol–water partition coefficient (Wildman–Crippen LogP) is 2.98. The molecule has 21 heavy (non-hydrogen) atoms. The Morgan fingerprint density at radius 1 is 1.24 bits per heavy atom. The minimum atomic E-state index is -0.276. The van der Waals surface area contributed by atoms with Gasteiger partial charge in [-0.1, -0.05) is 38.7 Å². The summed E-state index contributed by atoms with van der Waals surface area (Å²) in [6.45, 7) is 10.4. The van der Waals surface area contributed by atoms with Crippen LogP contribution in [0.2, 0.25) is 0 Å². The van der Waals surface area contributed by atoms with Gasteiger partial charge in [-0.15, -0.1) is 0 Å². The van der Waals surface area contributed by atoms with Crippen LogP contribution in [0.3, 0.4) is 0 Å². The van der Waals surface area contributed by atoms with Crippen molar-refractivity contribution in [2.24, 2.45) is 5.41 Å². The largest absolute Gasteiger partial charge is 0.384 e. The molecule has 1 aromatic carbocycles. The van der Waals surface area contributed by atoms with Crippen LogP contribution >= 0.6 is 0 Å². The van der Waals surface area contributed by atoms with Crippen molar-refractivity contribution in [1.82, 2.24) is 5.32 Å². The molecule has 0 radical (unpaired) electrons. The Balaban J connectivity index is 2.84. The Morgan fingerprint density at radius 2 is 1.90 bits per heavy atom. The Morgan fingerprint density at radius 3 is 2.48 bits per heavy atom. The van der Waals surface area contributed by atoms with Crippen molar-refractivity contribution in [2.75, 3.05) is 6.61 Å². The van der Waals surface area contributed by atoms with Gasteiger partial charge in [0.2, 0.25) is 0 Å². The second kappa shape index (κ2) is 6.78. The summed E-state index contributed by atoms with van der Waals surface area (Å²) in [5, 5.41) is 11.8. The van der Waals surface area contributed by atoms with Gasteiger partial charge in [-0.3, -0.25) is 4.79 Å². The normalized spacial score (nSPS) is 11.5. The van der Waals surface area contributed by atoms with E-state index in [0.29, 0.717) is 5.56 Å². The summed E-state index contributed by atoms with van der Waals surface area (Å²) in [4.78, 5) is 12.4. The number of hydrogen-bond acceptors (Lipinski definition) is 2. The molecule has 0 unspecified atom stereocenters. The number of benzene rings is 1. The molecule has 3 heteroatoms. The molecule has 0 heterocycles. The van der Waals surface area contributed by atoms with Gasteiger partial charge in [0.25, 0.3) is 5.91 Å². The third-order valence-electron chi connectivity index (χ3n) is 2.86. The molecular weight excluding hydrogens is 262 g/mol. The number of aliphatic hydroxyl groups is 1. The van der Waals surface area contributed by atoms with Crippen LogP contribution in [0.5, 0.6) is 0 Å². The molecule has 1 aromatic rings. The lowest BCUT2D eigenvalue weighted by molar-refractivity contribution is 0.0891. The average Bonchev–Trinajstić information content (AvgIpc) is 2.33. The van der Waals surface area contributed by atoms with E-state index in [1.807, 2.05) is 19.9 Å². The number of aliphatic hydroxyl groups excluding tert-OH is 1. The maximum Gasteiger partial charge on any atom is 0.251 e. The first-order valence-corrected chi connectivity index (χ1v) is 7.15. The van der Waals surface area contributed by atoms with Gasteiger partial charge in [0.05, 0.1) is 0 Å². The molecule has 0 aliphatic carbocycles. The smallest absolute Gasteiger partial charge is 0.251 e. The Kier molecular flexibility index (Phi) is 5.57. The van der Waals surface area contributed by atoms with E-state index < -0.39 is 0 Å². The summed E-state index contributed by atoms with van der Waals surface area (Å²) >= 11 is 0. The predicted molar refractivity (Wildman–Crippen MR) is 86.0 cm³/mol. The third-order valence-corrected chi connectivity index (χ3v) is 2.86. The van der Waals surface area contributed by atoms with Gasteiger partial charge in [-0.2, -0.15) is 0 Å². The first-order valence-electron chi connectivity index (χ1n) is 7.15. The number of nitrogens with one attached hydrogen (secondary N) is 1. The van der Waals surface area contributed by atoms with Gasteiger partial charge >= 0.3 is 0 Å². The average molecular weight is 287 g/mol. The van der Waals surface area contributed by atoms with Crippen molar-refractivity contribution in [1.29, 1.82) is 0 Å². The van der Waals surface area contributed by atoms with Crippen molar-refractivity contribution in [2.45, 2.75) is 46.6 Å². The Bertz CT molecular complexity index is 557. The van der Waals surface area contributed by atoms with Gasteiger partial charge in [0, 0.05) is 16.7 Å². The minimum absolute atomic E-state index is 0.100. The second-order valence-corrected chi connectivity index (χ2v) is 7.12. The van der Waals surface area contributed by atoms with E-state index in [2.05, 4.69) is 37.9 Å². The highest BCUT2D eigenvalue weighted by atomic mass is 16.2. The maximum atomic E-state index is 12.4. The summed E-state index contributed by atoms with van der Waals surface area (Å²) < 4.78 is 0. The van der Waals surface area contributed by atoms with Crippen LogP contribution in [0, 0.1) is 17.3 Å². The third kappa shape index (κ3) is 6.46. The van der Waals surface area contributed by atoms with Crippen molar-refractivity contribution in [3.8, 4) is 11.8 Å². The monoisotopic (exact) mass is 287 g/mol. The van der Waals surface area contributed by atoms with Crippen LogP contribution in [0.15, 0.2) is 24.3 Å². The lowest BCUT2D eigenvalue weighted by atomic mass is 9.81. The Labute approximate surface area is 127 Å². The van der Waals surface area contributed by atoms with E-state index in [-0.39, 0.29) is 23.5 Å². The molecule has 3 nitrogen and oxygen atoms in total. The van der Waals surface area contributed by atoms with Gasteiger partial charge in [0.1, 0.15) is 6.61 Å². The molecule has 0 atom stereocenters. The first kappa shape index (κ1) is 17.3. The highest BCUT2D eigenvalue weighted by molar-refractivity contribution is 5.95. The molecule has 2 N–H and O–H groups in total. The zero-order valence-corrected chi connectivity index (χ0v) is 13.6. The quantitative estimate of drug-likeness (QED) is 0.840. The standard InChI is InChI=1S/C18H25NO2/c1-17(2,3)13-18(4,5)19-16(21)15-10-6-8-14(12-15)9-7-11-20/h6,8,10,12,20H,11,13H2,1-5H3,(H,19,21). The fraction of sp³-hybridized carbons (Fsp3) is 0.500. The summed E-state index contributed by atoms with van der Waals surface area (Å²) in [5.41, 5.74) is 1.18. The molecule has 0 aliphatic rings. The summed E-state index contributed by atoms with van der Waals surface area (Å²) in [5.74, 6) is 5.29. The molecule has 0 spiro atoms. The fourth-order valence-corrected chi connectivity index (χ4v) is 2.63. The van der Waals surface area contributed by atoms with Crippen molar-refractivity contribution in [3.63, 3.8) is 0 Å². The lowest BCUT2D eigenvalue weighted by Gasteiger charge is -2.33. The highest BCUT2D eigenvalue weighted by Gasteiger charge is 2.27. The van der Waals surface area contributed by atoms with E-state index in [0.717, 1.165) is 12.0 Å². The lowest BCUT2D eigenvalue weighted by Crippen LogP contribution is -2.45. The van der Waals surface area contributed by atoms with E-state index in [9.17, 15) is 4.79 Å². The van der Waals surface area contributed by atoms with Crippen LogP contribution in [0.4, 0.5) is 0 Å². The van der Waals surface area contributed by atoms with E-state index in [1.165, 1.54) is 0 Å². The van der Waals surface area contributed by atoms with E-state index in [4.69, 9.17) is 5.11 Å². The van der Waals surface area contributed by atoms with Gasteiger partial charge in [0.15, 0.2) is 0 Å². The summed E-state index contributed by atoms with van der Waals surface area (Å²) in [7, 11) is 0. The van der Waals surface area contributed by atoms with Crippen LogP contribution in [-0.2, 0) is 0 Å². The van der Waals surface area contributed by atoms with Crippen molar-refractivity contribution < 1.29 is 9.90 Å². The molecular formula is C18H25NO2. The molecule has 0 saturated heterocycles. The number of amides is 1. The molecule has 0 aromatic heterocycles. The Hall–Kier alpha value is -1.79. The van der Waals surface area contributed by atoms with Crippen molar-refractivity contribution >= 4 is 5.91 Å². The zero-order valence-electron chi connectivity index (χ0n) is 13.6. The minimum Gasteiger partial charge on any atom is -0.384 e. The molecule has 114 valence electrons. The van der Waals surface area contributed by atoms with Crippen LogP contribution in [0.1, 0.15) is 57.0 Å². The van der Waals surface area contributed by atoms with E-state index in [1.54, 1.807) is 18.2 Å². The van der Waals surface area contributed by atoms with Crippen LogP contribution in [0.25, 0.3) is 0 Å². The number of carbonyl (C=O) groups excluding carboxylic acids is 1. The topological polar surface area (TPSA) is 49.3 Å². The molecule has 1 rings (SSSR count). The van der Waals surface area contributed by atoms with Gasteiger partial charge in [-0.05, 0) is 43.9 Å². The van der Waals surface area contributed by atoms with Crippen LogP contribution in [-0.4, -0.2) is 23.2 Å². The number of carbonyl (C=O) groups is 1. The second-order valence-electron chi connectivity index (χ2n) is 7.12. The van der Waals surface area contributed by atoms with Gasteiger partial charge in [-0.25, -0.2) is 0 Å². The maximum absolute atomic E-state index is 12.4. The SMILES string of the molecule is CC(C)(C)CC(C)(C)NC(=O)c1cccc(C#CCO)c1. The van der Waals surface area contributed by atoms with Crippen LogP contribution < -0.4 is 5.32 Å². The first-order chi connectivity index (χ1) is 9.63.